The van der Waals surface area contributed by atoms with Crippen LogP contribution in [0.5, 0.6) is 0 Å². The Hall–Kier alpha value is -5.39. The number of ether oxygens (including phenoxy) is 1. The minimum Gasteiger partial charge on any atom is -0.465 e. The number of benzene rings is 3. The van der Waals surface area contributed by atoms with Gasteiger partial charge in [0.25, 0.3) is 17.4 Å². The van der Waals surface area contributed by atoms with Crippen LogP contribution in [-0.2, 0) is 17.5 Å². The monoisotopic (exact) mass is 630 g/mol. The Bertz CT molecular complexity index is 1900. The normalized spacial score (nSPS) is 17.1. The summed E-state index contributed by atoms with van der Waals surface area (Å²) in [7, 11) is 1.23. The molecule has 2 aliphatic heterocycles. The van der Waals surface area contributed by atoms with Crippen LogP contribution in [0.4, 0.5) is 30.2 Å². The molecule has 0 radical (unpaired) electrons. The molecular formula is C34H29F3N4O5. The zero-order chi connectivity index (χ0) is 32.6. The van der Waals surface area contributed by atoms with Crippen LogP contribution in [0.15, 0.2) is 89.7 Å². The topological polar surface area (TPSA) is 110 Å². The van der Waals surface area contributed by atoms with E-state index in [0.29, 0.717) is 25.3 Å². The molecular weight excluding hydrogens is 601 g/mol. The minimum atomic E-state index is -4.64. The summed E-state index contributed by atoms with van der Waals surface area (Å²) in [5.41, 5.74) is 0.999. The van der Waals surface area contributed by atoms with Gasteiger partial charge in [0.15, 0.2) is 0 Å². The van der Waals surface area contributed by atoms with Crippen molar-refractivity contribution in [1.82, 2.24) is 4.57 Å². The molecule has 0 spiro atoms. The number of esters is 1. The summed E-state index contributed by atoms with van der Waals surface area (Å²) in [6.45, 7) is 1.61. The number of methoxy groups -OCH3 is 1. The molecule has 1 fully saturated rings. The van der Waals surface area contributed by atoms with Crippen molar-refractivity contribution >= 4 is 34.8 Å². The van der Waals surface area contributed by atoms with Crippen molar-refractivity contribution in [1.29, 1.82) is 0 Å². The number of rotatable bonds is 6. The van der Waals surface area contributed by atoms with E-state index in [2.05, 4.69) is 15.5 Å². The molecule has 1 aromatic heterocycles. The van der Waals surface area contributed by atoms with E-state index < -0.39 is 29.5 Å². The number of amides is 2. The second kappa shape index (κ2) is 12.2. The third-order valence-corrected chi connectivity index (χ3v) is 8.36. The molecule has 2 amide bonds. The number of piperidine rings is 1. The Morgan fingerprint density at radius 1 is 0.804 bits per heavy atom. The molecule has 236 valence electrons. The summed E-state index contributed by atoms with van der Waals surface area (Å²) in [5, 5.41) is 5.44. The maximum absolute atomic E-state index is 13.4. The van der Waals surface area contributed by atoms with Crippen LogP contribution in [-0.4, -0.2) is 42.6 Å². The summed E-state index contributed by atoms with van der Waals surface area (Å²) in [5.74, 6) is -1.83. The highest BCUT2D eigenvalue weighted by Gasteiger charge is 2.36. The highest BCUT2D eigenvalue weighted by Crippen LogP contribution is 2.39. The van der Waals surface area contributed by atoms with E-state index in [9.17, 15) is 32.3 Å². The number of anilines is 3. The lowest BCUT2D eigenvalue weighted by Gasteiger charge is -2.44. The second-order valence-corrected chi connectivity index (χ2v) is 11.4. The van der Waals surface area contributed by atoms with Gasteiger partial charge in [0, 0.05) is 48.4 Å². The zero-order valence-electron chi connectivity index (χ0n) is 24.6. The van der Waals surface area contributed by atoms with Gasteiger partial charge in [-0.15, -0.1) is 0 Å². The standard InChI is InChI=1S/C34H29F3N4O5/c1-46-33(45)25-8-2-3-9-26(25)38-32(44)22-12-13-29(27(16-22)39-31(43)21-6-4-7-24(15-21)34(35,36)37)40-17-20-14-23(19-40)28-10-5-11-30(42)41(28)18-20/h2-13,15-16,20,23H,14,17-19H2,1H3,(H,38,44)(H,39,43). The maximum Gasteiger partial charge on any atom is 0.416 e. The van der Waals surface area contributed by atoms with Gasteiger partial charge in [0.2, 0.25) is 0 Å². The van der Waals surface area contributed by atoms with Crippen molar-refractivity contribution in [2.45, 2.75) is 25.1 Å². The molecule has 3 heterocycles. The van der Waals surface area contributed by atoms with Gasteiger partial charge in [-0.3, -0.25) is 14.4 Å². The predicted octanol–water partition coefficient (Wildman–Crippen LogP) is 5.78. The van der Waals surface area contributed by atoms with Crippen molar-refractivity contribution in [2.24, 2.45) is 5.92 Å². The third kappa shape index (κ3) is 6.10. The first kappa shape index (κ1) is 30.6. The molecule has 2 bridgehead atoms. The van der Waals surface area contributed by atoms with E-state index in [1.165, 1.54) is 31.4 Å². The number of alkyl halides is 3. The van der Waals surface area contributed by atoms with Gasteiger partial charge in [0.1, 0.15) is 0 Å². The van der Waals surface area contributed by atoms with Gasteiger partial charge in [0.05, 0.1) is 35.3 Å². The summed E-state index contributed by atoms with van der Waals surface area (Å²) < 4.78 is 46.8. The number of carbonyl (C=O) groups excluding carboxylic acids is 3. The SMILES string of the molecule is COC(=O)c1ccccc1NC(=O)c1ccc(N2CC3CC(C2)c2cccc(=O)n2C3)c(NC(=O)c2cccc(C(F)(F)F)c2)c1. The molecule has 0 aliphatic carbocycles. The summed E-state index contributed by atoms with van der Waals surface area (Å²) in [6, 6.07) is 20.3. The Kier molecular flexibility index (Phi) is 8.11. The number of pyridine rings is 1. The fourth-order valence-electron chi connectivity index (χ4n) is 6.25. The van der Waals surface area contributed by atoms with Gasteiger partial charge in [-0.05, 0) is 66.9 Å². The average Bonchev–Trinajstić information content (AvgIpc) is 3.04. The van der Waals surface area contributed by atoms with Crippen LogP contribution in [0.3, 0.4) is 0 Å². The largest absolute Gasteiger partial charge is 0.465 e. The lowest BCUT2D eigenvalue weighted by Crippen LogP contribution is -2.47. The van der Waals surface area contributed by atoms with E-state index in [4.69, 9.17) is 4.74 Å². The van der Waals surface area contributed by atoms with E-state index >= 15 is 0 Å². The Labute approximate surface area is 261 Å². The summed E-state index contributed by atoms with van der Waals surface area (Å²) in [4.78, 5) is 53.6. The van der Waals surface area contributed by atoms with Crippen LogP contribution >= 0.6 is 0 Å². The van der Waals surface area contributed by atoms with Crippen LogP contribution in [0.1, 0.15) is 54.7 Å². The maximum atomic E-state index is 13.4. The molecule has 3 aromatic carbocycles. The first-order valence-corrected chi connectivity index (χ1v) is 14.6. The van der Waals surface area contributed by atoms with E-state index in [-0.39, 0.29) is 45.5 Å². The van der Waals surface area contributed by atoms with Crippen molar-refractivity contribution in [3.05, 3.63) is 123 Å². The van der Waals surface area contributed by atoms with Crippen LogP contribution < -0.4 is 21.1 Å². The Balaban J connectivity index is 1.35. The molecule has 12 heteroatoms. The molecule has 1 saturated heterocycles. The predicted molar refractivity (Wildman–Crippen MR) is 165 cm³/mol. The number of hydrogen-bond acceptors (Lipinski definition) is 6. The molecule has 2 unspecified atom stereocenters. The lowest BCUT2D eigenvalue weighted by atomic mass is 9.83. The molecule has 2 N–H and O–H groups in total. The van der Waals surface area contributed by atoms with Crippen molar-refractivity contribution in [2.75, 3.05) is 35.7 Å². The number of fused-ring (bicyclic) bond motifs is 4. The number of hydrogen-bond donors (Lipinski definition) is 2. The first-order chi connectivity index (χ1) is 22.0. The van der Waals surface area contributed by atoms with Gasteiger partial charge in [-0.2, -0.15) is 13.2 Å². The molecule has 2 atom stereocenters. The molecule has 46 heavy (non-hydrogen) atoms. The highest BCUT2D eigenvalue weighted by atomic mass is 19.4. The quantitative estimate of drug-likeness (QED) is 0.262. The molecule has 2 aliphatic rings. The fourth-order valence-corrected chi connectivity index (χ4v) is 6.25. The zero-order valence-corrected chi connectivity index (χ0v) is 24.6. The number of nitrogens with one attached hydrogen (secondary N) is 2. The lowest BCUT2D eigenvalue weighted by molar-refractivity contribution is -0.137. The van der Waals surface area contributed by atoms with Crippen LogP contribution in [0.25, 0.3) is 0 Å². The molecule has 9 nitrogen and oxygen atoms in total. The molecule has 4 aromatic rings. The van der Waals surface area contributed by atoms with Crippen molar-refractivity contribution in [3.8, 4) is 0 Å². The van der Waals surface area contributed by atoms with E-state index in [0.717, 1.165) is 30.3 Å². The first-order valence-electron chi connectivity index (χ1n) is 14.6. The minimum absolute atomic E-state index is 0.0335. The van der Waals surface area contributed by atoms with E-state index in [1.807, 2.05) is 6.07 Å². The fraction of sp³-hybridized carbons (Fsp3) is 0.235. The highest BCUT2D eigenvalue weighted by molar-refractivity contribution is 6.10. The number of halogens is 3. The summed E-state index contributed by atoms with van der Waals surface area (Å²) >= 11 is 0. The number of carbonyl (C=O) groups is 3. The van der Waals surface area contributed by atoms with Crippen molar-refractivity contribution < 1.29 is 32.3 Å². The molecule has 0 saturated carbocycles. The number of para-hydroxylation sites is 1. The Morgan fingerprint density at radius 2 is 1.52 bits per heavy atom. The van der Waals surface area contributed by atoms with Crippen molar-refractivity contribution in [3.63, 3.8) is 0 Å². The van der Waals surface area contributed by atoms with Gasteiger partial charge in [-0.1, -0.05) is 24.3 Å². The summed E-state index contributed by atoms with van der Waals surface area (Å²) in [6.07, 6.45) is -3.75. The second-order valence-electron chi connectivity index (χ2n) is 11.4. The number of nitrogens with zero attached hydrogens (tertiary/aromatic N) is 2. The third-order valence-electron chi connectivity index (χ3n) is 8.36. The van der Waals surface area contributed by atoms with Crippen LogP contribution in [0.2, 0.25) is 0 Å². The molecule has 6 rings (SSSR count). The number of aromatic nitrogens is 1. The average molecular weight is 631 g/mol. The van der Waals surface area contributed by atoms with Gasteiger partial charge < -0.3 is 24.8 Å². The van der Waals surface area contributed by atoms with Crippen LogP contribution in [0, 0.1) is 5.92 Å². The van der Waals surface area contributed by atoms with E-state index in [1.54, 1.807) is 41.0 Å². The smallest absolute Gasteiger partial charge is 0.416 e. The Morgan fingerprint density at radius 3 is 2.28 bits per heavy atom. The van der Waals surface area contributed by atoms with Gasteiger partial charge >= 0.3 is 12.1 Å². The van der Waals surface area contributed by atoms with Gasteiger partial charge in [-0.25, -0.2) is 4.79 Å².